The Labute approximate surface area is 112 Å². The van der Waals surface area contributed by atoms with Crippen molar-refractivity contribution in [1.82, 2.24) is 0 Å². The Morgan fingerprint density at radius 1 is 1.32 bits per heavy atom. The third-order valence-electron chi connectivity index (χ3n) is 1.95. The molecule has 0 amide bonds. The summed E-state index contributed by atoms with van der Waals surface area (Å²) in [6, 6.07) is 8.54. The fourth-order valence-corrected chi connectivity index (χ4v) is 1.54. The van der Waals surface area contributed by atoms with Crippen LogP contribution in [0.2, 0.25) is 0 Å². The van der Waals surface area contributed by atoms with Gasteiger partial charge in [0.1, 0.15) is 6.04 Å². The summed E-state index contributed by atoms with van der Waals surface area (Å²) >= 11 is 0. The zero-order valence-corrected chi connectivity index (χ0v) is 11.6. The van der Waals surface area contributed by atoms with Crippen LogP contribution < -0.4 is 5.73 Å². The number of carboxylic acid groups (broad SMARTS) is 1. The van der Waals surface area contributed by atoms with E-state index in [1.54, 1.807) is 6.92 Å². The molecule has 1 aromatic carbocycles. The van der Waals surface area contributed by atoms with Gasteiger partial charge >= 0.3 is 15.0 Å². The highest BCUT2D eigenvalue weighted by molar-refractivity contribution is 6.48. The van der Waals surface area contributed by atoms with Crippen molar-refractivity contribution in [2.24, 2.45) is 5.73 Å². The molecule has 1 rings (SSSR count). The lowest BCUT2D eigenvalue weighted by atomic mass is 10.1. The van der Waals surface area contributed by atoms with E-state index in [1.807, 2.05) is 30.3 Å². The van der Waals surface area contributed by atoms with E-state index in [1.165, 1.54) is 0 Å². The average Bonchev–Trinajstić information content (AvgIpc) is 2.29. The van der Waals surface area contributed by atoms with Crippen molar-refractivity contribution in [2.45, 2.75) is 19.4 Å². The molecule has 0 radical (unpaired) electrons. The molecule has 6 N–H and O–H groups in total. The summed E-state index contributed by atoms with van der Waals surface area (Å²) in [6.45, 7) is 1.68. The smallest absolute Gasteiger partial charge is 0.480 e. The number of rotatable bonds is 5. The summed E-state index contributed by atoms with van der Waals surface area (Å²) < 4.78 is 4.03. The van der Waals surface area contributed by atoms with Crippen LogP contribution in [0.1, 0.15) is 12.5 Å². The molecular weight excluding hydrogens is 270 g/mol. The third kappa shape index (κ3) is 10.3. The van der Waals surface area contributed by atoms with Gasteiger partial charge in [0.15, 0.2) is 0 Å². The maximum Gasteiger partial charge on any atom is 0.671 e. The molecule has 108 valence electrons. The van der Waals surface area contributed by atoms with Crippen molar-refractivity contribution in [3.63, 3.8) is 0 Å². The maximum atomic E-state index is 10.4. The summed E-state index contributed by atoms with van der Waals surface area (Å²) in [5, 5.41) is 8.52. The summed E-state index contributed by atoms with van der Waals surface area (Å²) in [6.07, 6.45) is 0.385. The highest BCUT2D eigenvalue weighted by Crippen LogP contribution is 2.01. The van der Waals surface area contributed by atoms with Gasteiger partial charge in [0.05, 0.1) is 0 Å². The summed E-state index contributed by atoms with van der Waals surface area (Å²) in [4.78, 5) is 34.5. The number of carbonyl (C=O) groups is 1. The summed E-state index contributed by atoms with van der Waals surface area (Å²) in [5.41, 5.74) is 6.30. The van der Waals surface area contributed by atoms with Gasteiger partial charge in [0, 0.05) is 6.61 Å². The minimum atomic E-state index is -4.16. The number of nitrogens with two attached hydrogens (primary N) is 1. The van der Waals surface area contributed by atoms with Gasteiger partial charge in [-0.3, -0.25) is 4.79 Å². The topological polar surface area (TPSA) is 133 Å². The number of aliphatic carboxylic acids is 1. The quantitative estimate of drug-likeness (QED) is 0.442. The van der Waals surface area contributed by atoms with Crippen LogP contribution in [0.5, 0.6) is 0 Å². The minimum absolute atomic E-state index is 0.121. The molecule has 0 fully saturated rings. The summed E-state index contributed by atoms with van der Waals surface area (Å²) in [7, 11) is -4.16. The normalized spacial score (nSPS) is 12.3. The minimum Gasteiger partial charge on any atom is -0.480 e. The average molecular weight is 289 g/mol. The molecule has 0 aliphatic carbocycles. The van der Waals surface area contributed by atoms with E-state index >= 15 is 0 Å². The van der Waals surface area contributed by atoms with Crippen LogP contribution in [-0.4, -0.2) is 47.2 Å². The molecule has 8 heteroatoms. The zero-order chi connectivity index (χ0) is 14.9. The van der Waals surface area contributed by atoms with Crippen LogP contribution in [-0.2, 0) is 15.6 Å². The van der Waals surface area contributed by atoms with Crippen molar-refractivity contribution in [1.29, 1.82) is 0 Å². The number of carboxylic acids is 1. The number of hydrogen-bond donors (Lipinski definition) is 5. The van der Waals surface area contributed by atoms with Crippen molar-refractivity contribution in [3.8, 4) is 0 Å². The second-order valence-corrected chi connectivity index (χ2v) is 5.08. The molecule has 19 heavy (non-hydrogen) atoms. The predicted octanol–water partition coefficient (Wildman–Crippen LogP) is -0.924. The van der Waals surface area contributed by atoms with Crippen LogP contribution >= 0.6 is 0 Å². The van der Waals surface area contributed by atoms with Crippen molar-refractivity contribution < 1.29 is 28.7 Å². The Kier molecular flexibility index (Phi) is 8.15. The largest absolute Gasteiger partial charge is 0.671 e. The van der Waals surface area contributed by atoms with Crippen molar-refractivity contribution in [3.05, 3.63) is 35.9 Å². The van der Waals surface area contributed by atoms with E-state index in [9.17, 15) is 4.79 Å². The molecular formula is C11H19NO6Si. The van der Waals surface area contributed by atoms with Gasteiger partial charge in [-0.25, -0.2) is 0 Å². The lowest BCUT2D eigenvalue weighted by Gasteiger charge is -2.05. The molecule has 0 bridgehead atoms. The fourth-order valence-electron chi connectivity index (χ4n) is 1.15. The highest BCUT2D eigenvalue weighted by atomic mass is 28.4. The van der Waals surface area contributed by atoms with Crippen LogP contribution in [0.25, 0.3) is 0 Å². The molecule has 0 saturated heterocycles. The lowest BCUT2D eigenvalue weighted by Crippen LogP contribution is -2.38. The Morgan fingerprint density at radius 2 is 1.84 bits per heavy atom. The van der Waals surface area contributed by atoms with Gasteiger partial charge in [0.25, 0.3) is 0 Å². The molecule has 1 aromatic rings. The predicted molar refractivity (Wildman–Crippen MR) is 69.8 cm³/mol. The Bertz CT molecular complexity index is 367. The molecule has 7 nitrogen and oxygen atoms in total. The van der Waals surface area contributed by atoms with E-state index in [0.29, 0.717) is 6.42 Å². The monoisotopic (exact) mass is 289 g/mol. The zero-order valence-electron chi connectivity index (χ0n) is 10.6. The maximum absolute atomic E-state index is 10.4. The van der Waals surface area contributed by atoms with E-state index in [0.717, 1.165) is 5.56 Å². The first kappa shape index (κ1) is 17.7. The van der Waals surface area contributed by atoms with E-state index in [2.05, 4.69) is 4.43 Å². The van der Waals surface area contributed by atoms with Gasteiger partial charge in [0.2, 0.25) is 0 Å². The molecule has 1 unspecified atom stereocenters. The Hall–Kier alpha value is -1.29. The third-order valence-corrected chi connectivity index (χ3v) is 2.63. The second kappa shape index (κ2) is 8.75. The first-order valence-electron chi connectivity index (χ1n) is 5.59. The first-order valence-corrected chi connectivity index (χ1v) is 7.34. The van der Waals surface area contributed by atoms with Crippen LogP contribution in [0, 0.1) is 0 Å². The van der Waals surface area contributed by atoms with E-state index < -0.39 is 21.1 Å². The lowest BCUT2D eigenvalue weighted by molar-refractivity contribution is -0.138. The number of hydrogen-bond acceptors (Lipinski definition) is 6. The van der Waals surface area contributed by atoms with Crippen molar-refractivity contribution >= 4 is 15.0 Å². The van der Waals surface area contributed by atoms with Gasteiger partial charge in [-0.1, -0.05) is 30.3 Å². The summed E-state index contributed by atoms with van der Waals surface area (Å²) in [5.74, 6) is -0.959. The molecule has 0 saturated carbocycles. The van der Waals surface area contributed by atoms with Crippen molar-refractivity contribution in [2.75, 3.05) is 6.61 Å². The van der Waals surface area contributed by atoms with Gasteiger partial charge in [-0.05, 0) is 18.9 Å². The molecule has 0 heterocycles. The molecule has 0 aliphatic heterocycles. The Balaban J connectivity index is 0.000000399. The van der Waals surface area contributed by atoms with E-state index in [4.69, 9.17) is 25.2 Å². The second-order valence-electron chi connectivity index (χ2n) is 3.64. The molecule has 0 spiro atoms. The fraction of sp³-hybridized carbons (Fsp3) is 0.364. The van der Waals surface area contributed by atoms with E-state index in [-0.39, 0.29) is 6.61 Å². The highest BCUT2D eigenvalue weighted by Gasteiger charge is 2.29. The van der Waals surface area contributed by atoms with Crippen LogP contribution in [0.15, 0.2) is 30.3 Å². The van der Waals surface area contributed by atoms with Crippen LogP contribution in [0.3, 0.4) is 0 Å². The Morgan fingerprint density at radius 3 is 2.16 bits per heavy atom. The standard InChI is InChI=1S/C9H11NO2.C2H8O4Si/c10-8(9(11)12)6-7-4-2-1-3-5-7;1-2-6-7(3,4)5/h1-5,8H,6,10H2,(H,11,12);3-5H,2H2,1H3. The molecule has 0 aromatic heterocycles. The number of benzene rings is 1. The molecule has 0 aliphatic rings. The van der Waals surface area contributed by atoms with Gasteiger partial charge < -0.3 is 29.7 Å². The molecule has 1 atom stereocenters. The van der Waals surface area contributed by atoms with Gasteiger partial charge in [-0.15, -0.1) is 0 Å². The SMILES string of the molecule is CCO[Si](O)(O)O.NC(Cc1ccccc1)C(=O)O. The van der Waals surface area contributed by atoms with Crippen LogP contribution in [0.4, 0.5) is 0 Å². The van der Waals surface area contributed by atoms with Gasteiger partial charge in [-0.2, -0.15) is 0 Å². The first-order chi connectivity index (χ1) is 8.76.